The van der Waals surface area contributed by atoms with E-state index < -0.39 is 64.7 Å². The van der Waals surface area contributed by atoms with Crippen LogP contribution in [0.3, 0.4) is 0 Å². The molecule has 0 saturated carbocycles. The lowest BCUT2D eigenvalue weighted by molar-refractivity contribution is -0.152. The van der Waals surface area contributed by atoms with Gasteiger partial charge in [-0.05, 0) is 6.92 Å². The largest absolute Gasteiger partial charge is 0.464 e. The Bertz CT molecular complexity index is 623. The number of benzene rings is 1. The van der Waals surface area contributed by atoms with Gasteiger partial charge in [-0.3, -0.25) is 4.79 Å². The Morgan fingerprint density at radius 2 is 1.50 bits per heavy atom. The van der Waals surface area contributed by atoms with E-state index in [1.54, 1.807) is 0 Å². The number of rotatable bonds is 3. The zero-order chi connectivity index (χ0) is 16.7. The van der Waals surface area contributed by atoms with Gasteiger partial charge in [0.2, 0.25) is 5.91 Å². The molecule has 1 aromatic rings. The summed E-state index contributed by atoms with van der Waals surface area (Å²) >= 11 is 0. The van der Waals surface area contributed by atoms with Crippen LogP contribution in [-0.4, -0.2) is 24.0 Å². The van der Waals surface area contributed by atoms with Crippen LogP contribution >= 0.6 is 0 Å². The Morgan fingerprint density at radius 3 is 1.86 bits per heavy atom. The zero-order valence-electron chi connectivity index (χ0n) is 11.9. The molecular formula is C14H13F4NO3. The summed E-state index contributed by atoms with van der Waals surface area (Å²) < 4.78 is 59.1. The number of carbonyl (C=O) groups excluding carboxylic acids is 2. The minimum atomic E-state index is -1.95. The molecule has 1 aliphatic rings. The van der Waals surface area contributed by atoms with E-state index in [4.69, 9.17) is 4.74 Å². The first-order chi connectivity index (χ1) is 10.2. The lowest BCUT2D eigenvalue weighted by Crippen LogP contribution is -2.55. The fraction of sp³-hybridized carbons (Fsp3) is 0.429. The van der Waals surface area contributed by atoms with E-state index in [1.165, 1.54) is 6.92 Å². The number of hydrogen-bond acceptors (Lipinski definition) is 3. The predicted molar refractivity (Wildman–Crippen MR) is 66.9 cm³/mol. The summed E-state index contributed by atoms with van der Waals surface area (Å²) in [7, 11) is 0. The van der Waals surface area contributed by atoms with Crippen molar-refractivity contribution in [2.75, 3.05) is 6.61 Å². The molecule has 0 saturated heterocycles. The number of hydrogen-bond donors (Lipinski definition) is 1. The summed E-state index contributed by atoms with van der Waals surface area (Å²) in [5, 5.41) is 2.29. The average Bonchev–Trinajstić information content (AvgIpc) is 2.83. The molecule has 1 amide bonds. The van der Waals surface area contributed by atoms with Gasteiger partial charge in [0.25, 0.3) is 0 Å². The van der Waals surface area contributed by atoms with E-state index >= 15 is 0 Å². The third-order valence-electron chi connectivity index (χ3n) is 3.51. The molecule has 0 bridgehead atoms. The molecule has 0 atom stereocenters. The summed E-state index contributed by atoms with van der Waals surface area (Å²) in [5.74, 6) is -8.57. The summed E-state index contributed by atoms with van der Waals surface area (Å²) in [5.41, 5.74) is -2.72. The Hall–Kier alpha value is -2.12. The minimum Gasteiger partial charge on any atom is -0.464 e. The maximum atomic E-state index is 13.8. The number of ether oxygens (including phenoxy) is 1. The smallest absolute Gasteiger partial charge is 0.332 e. The molecule has 1 aliphatic carbocycles. The van der Waals surface area contributed by atoms with Gasteiger partial charge in [0.1, 0.15) is 5.54 Å². The summed E-state index contributed by atoms with van der Waals surface area (Å²) in [6.45, 7) is 2.60. The molecule has 0 unspecified atom stereocenters. The van der Waals surface area contributed by atoms with Crippen molar-refractivity contribution in [2.24, 2.45) is 0 Å². The first-order valence-corrected chi connectivity index (χ1v) is 6.53. The Balaban J connectivity index is 2.55. The fourth-order valence-electron chi connectivity index (χ4n) is 2.65. The van der Waals surface area contributed by atoms with Crippen molar-refractivity contribution in [3.8, 4) is 0 Å². The lowest BCUT2D eigenvalue weighted by Gasteiger charge is -2.27. The Morgan fingerprint density at radius 1 is 1.05 bits per heavy atom. The van der Waals surface area contributed by atoms with E-state index in [0.29, 0.717) is 0 Å². The van der Waals surface area contributed by atoms with E-state index in [0.717, 1.165) is 6.92 Å². The molecule has 0 fully saturated rings. The highest BCUT2D eigenvalue weighted by Gasteiger charge is 2.49. The van der Waals surface area contributed by atoms with Crippen LogP contribution in [0, 0.1) is 23.3 Å². The van der Waals surface area contributed by atoms with Crippen LogP contribution in [0.4, 0.5) is 17.6 Å². The first-order valence-electron chi connectivity index (χ1n) is 6.53. The molecule has 0 aliphatic heterocycles. The van der Waals surface area contributed by atoms with Gasteiger partial charge in [-0.25, -0.2) is 22.4 Å². The van der Waals surface area contributed by atoms with E-state index in [1.807, 2.05) is 0 Å². The number of carbonyl (C=O) groups is 2. The molecule has 120 valence electrons. The molecule has 0 spiro atoms. The Kier molecular flexibility index (Phi) is 4.12. The van der Waals surface area contributed by atoms with Crippen LogP contribution in [0.25, 0.3) is 0 Å². The van der Waals surface area contributed by atoms with Gasteiger partial charge < -0.3 is 10.1 Å². The molecule has 0 aromatic heterocycles. The highest BCUT2D eigenvalue weighted by molar-refractivity contribution is 5.89. The number of amides is 1. The quantitative estimate of drug-likeness (QED) is 0.400. The van der Waals surface area contributed by atoms with Crippen LogP contribution in [0.15, 0.2) is 0 Å². The molecular weight excluding hydrogens is 306 g/mol. The van der Waals surface area contributed by atoms with Crippen LogP contribution in [-0.2, 0) is 27.2 Å². The molecule has 0 radical (unpaired) electrons. The maximum absolute atomic E-state index is 13.8. The van der Waals surface area contributed by atoms with E-state index in [9.17, 15) is 27.2 Å². The van der Waals surface area contributed by atoms with Crippen molar-refractivity contribution in [3.63, 3.8) is 0 Å². The van der Waals surface area contributed by atoms with Crippen molar-refractivity contribution < 1.29 is 31.9 Å². The molecule has 8 heteroatoms. The van der Waals surface area contributed by atoms with Gasteiger partial charge in [0.15, 0.2) is 23.3 Å². The topological polar surface area (TPSA) is 55.4 Å². The lowest BCUT2D eigenvalue weighted by atomic mass is 9.95. The molecule has 0 heterocycles. The fourth-order valence-corrected chi connectivity index (χ4v) is 2.65. The zero-order valence-corrected chi connectivity index (χ0v) is 11.9. The van der Waals surface area contributed by atoms with Crippen molar-refractivity contribution in [2.45, 2.75) is 32.2 Å². The van der Waals surface area contributed by atoms with Crippen LogP contribution in [0.5, 0.6) is 0 Å². The third kappa shape index (κ3) is 2.42. The van der Waals surface area contributed by atoms with Crippen molar-refractivity contribution >= 4 is 11.9 Å². The highest BCUT2D eigenvalue weighted by atomic mass is 19.2. The molecule has 22 heavy (non-hydrogen) atoms. The van der Waals surface area contributed by atoms with Gasteiger partial charge in [-0.15, -0.1) is 0 Å². The molecule has 4 nitrogen and oxygen atoms in total. The summed E-state index contributed by atoms with van der Waals surface area (Å²) in [4.78, 5) is 23.4. The second-order valence-corrected chi connectivity index (χ2v) is 5.05. The predicted octanol–water partition coefficient (Wildman–Crippen LogP) is 1.78. The average molecular weight is 319 g/mol. The second kappa shape index (κ2) is 5.58. The maximum Gasteiger partial charge on any atom is 0.332 e. The van der Waals surface area contributed by atoms with Gasteiger partial charge >= 0.3 is 5.97 Å². The third-order valence-corrected chi connectivity index (χ3v) is 3.51. The normalized spacial score (nSPS) is 15.4. The minimum absolute atomic E-state index is 0.0236. The molecule has 1 N–H and O–H groups in total. The van der Waals surface area contributed by atoms with Gasteiger partial charge in [-0.2, -0.15) is 0 Å². The van der Waals surface area contributed by atoms with Crippen molar-refractivity contribution in [1.29, 1.82) is 0 Å². The van der Waals surface area contributed by atoms with Gasteiger partial charge in [0.05, 0.1) is 6.61 Å². The molecule has 1 aromatic carbocycles. The van der Waals surface area contributed by atoms with Gasteiger partial charge in [-0.1, -0.05) is 0 Å². The summed E-state index contributed by atoms with van der Waals surface area (Å²) in [6.07, 6.45) is -1.03. The number of halogens is 4. The van der Waals surface area contributed by atoms with E-state index in [2.05, 4.69) is 5.32 Å². The summed E-state index contributed by atoms with van der Waals surface area (Å²) in [6, 6.07) is 0. The number of nitrogens with one attached hydrogen (secondary N) is 1. The Labute approximate surface area is 123 Å². The first kappa shape index (κ1) is 16.3. The standard InChI is InChI=1S/C14H13F4NO3/c1-3-22-13(21)14(19-6(2)20)4-7-8(5-14)10(16)12(18)11(17)9(7)15/h3-5H2,1-2H3,(H,19,20). The second-order valence-electron chi connectivity index (χ2n) is 5.05. The van der Waals surface area contributed by atoms with Crippen LogP contribution in [0.1, 0.15) is 25.0 Å². The van der Waals surface area contributed by atoms with Crippen LogP contribution < -0.4 is 5.32 Å². The molecule has 2 rings (SSSR count). The number of fused-ring (bicyclic) bond motifs is 1. The van der Waals surface area contributed by atoms with E-state index in [-0.39, 0.29) is 6.61 Å². The number of esters is 1. The van der Waals surface area contributed by atoms with Gasteiger partial charge in [0, 0.05) is 30.9 Å². The SMILES string of the molecule is CCOC(=O)C1(NC(C)=O)Cc2c(F)c(F)c(F)c(F)c2C1. The highest BCUT2D eigenvalue weighted by Crippen LogP contribution is 2.37. The van der Waals surface area contributed by atoms with Crippen LogP contribution in [0.2, 0.25) is 0 Å². The monoisotopic (exact) mass is 319 g/mol. The van der Waals surface area contributed by atoms with Crippen molar-refractivity contribution in [1.82, 2.24) is 5.32 Å². The van der Waals surface area contributed by atoms with Crippen molar-refractivity contribution in [3.05, 3.63) is 34.4 Å².